The van der Waals surface area contributed by atoms with E-state index in [1.807, 2.05) is 0 Å². The second-order valence-electron chi connectivity index (χ2n) is 4.41. The summed E-state index contributed by atoms with van der Waals surface area (Å²) in [5.41, 5.74) is 5.50. The molecule has 0 atom stereocenters. The molecule has 0 spiro atoms. The molecule has 1 fully saturated rings. The van der Waals surface area contributed by atoms with Crippen LogP contribution in [-0.4, -0.2) is 55.1 Å². The minimum atomic E-state index is 0.598. The number of hydrogen-bond acceptors (Lipinski definition) is 3. The van der Waals surface area contributed by atoms with Crippen molar-refractivity contribution in [2.45, 2.75) is 12.8 Å². The highest BCUT2D eigenvalue weighted by atomic mass is 32.1. The largest absolute Gasteiger partial charge is 0.392 e. The fourth-order valence-corrected chi connectivity index (χ4v) is 2.24. The molecular formula is C10H21N3S. The quantitative estimate of drug-likeness (QED) is 0.694. The van der Waals surface area contributed by atoms with Crippen LogP contribution in [0.3, 0.4) is 0 Å². The van der Waals surface area contributed by atoms with Gasteiger partial charge in [-0.3, -0.25) is 4.90 Å². The van der Waals surface area contributed by atoms with Gasteiger partial charge >= 0.3 is 0 Å². The van der Waals surface area contributed by atoms with Gasteiger partial charge < -0.3 is 10.6 Å². The van der Waals surface area contributed by atoms with Crippen LogP contribution in [0, 0.1) is 5.92 Å². The molecule has 1 aliphatic rings. The molecule has 0 radical (unpaired) electrons. The van der Waals surface area contributed by atoms with Gasteiger partial charge in [-0.15, -0.1) is 0 Å². The van der Waals surface area contributed by atoms with Crippen molar-refractivity contribution in [2.24, 2.45) is 11.7 Å². The summed E-state index contributed by atoms with van der Waals surface area (Å²) in [6, 6.07) is 0. The second-order valence-corrected chi connectivity index (χ2v) is 4.93. The van der Waals surface area contributed by atoms with Gasteiger partial charge in [-0.05, 0) is 45.9 Å². The van der Waals surface area contributed by atoms with Crippen molar-refractivity contribution < 1.29 is 0 Å². The normalized spacial score (nSPS) is 20.2. The third-order valence-corrected chi connectivity index (χ3v) is 2.96. The molecule has 1 aliphatic heterocycles. The number of thiocarbonyl (C=S) groups is 1. The average Bonchev–Trinajstić information content (AvgIpc) is 2.07. The van der Waals surface area contributed by atoms with E-state index in [1.165, 1.54) is 25.9 Å². The maximum Gasteiger partial charge on any atom is 0.0869 e. The molecule has 2 N–H and O–H groups in total. The van der Waals surface area contributed by atoms with E-state index in [0.717, 1.165) is 19.0 Å². The third kappa shape index (κ3) is 4.35. The Morgan fingerprint density at radius 2 is 2.07 bits per heavy atom. The Labute approximate surface area is 92.2 Å². The maximum atomic E-state index is 5.50. The topological polar surface area (TPSA) is 32.5 Å². The molecule has 0 aliphatic carbocycles. The average molecular weight is 215 g/mol. The Morgan fingerprint density at radius 3 is 2.57 bits per heavy atom. The summed E-state index contributed by atoms with van der Waals surface area (Å²) in [7, 11) is 4.28. The van der Waals surface area contributed by atoms with Crippen LogP contribution in [-0.2, 0) is 0 Å². The molecule has 4 heteroatoms. The van der Waals surface area contributed by atoms with Crippen molar-refractivity contribution in [3.05, 3.63) is 0 Å². The predicted octanol–water partition coefficient (Wildman–Crippen LogP) is 0.546. The lowest BCUT2D eigenvalue weighted by Gasteiger charge is -2.31. The molecule has 14 heavy (non-hydrogen) atoms. The highest BCUT2D eigenvalue weighted by molar-refractivity contribution is 7.80. The van der Waals surface area contributed by atoms with Crippen molar-refractivity contribution in [2.75, 3.05) is 40.3 Å². The van der Waals surface area contributed by atoms with Crippen molar-refractivity contribution in [3.63, 3.8) is 0 Å². The van der Waals surface area contributed by atoms with Crippen LogP contribution in [0.5, 0.6) is 0 Å². The first-order valence-corrected chi connectivity index (χ1v) is 5.64. The van der Waals surface area contributed by atoms with Gasteiger partial charge in [-0.1, -0.05) is 12.2 Å². The van der Waals surface area contributed by atoms with Crippen LogP contribution in [0.1, 0.15) is 12.8 Å². The number of rotatable bonds is 4. The van der Waals surface area contributed by atoms with Crippen molar-refractivity contribution in [1.29, 1.82) is 0 Å². The van der Waals surface area contributed by atoms with Gasteiger partial charge in [0.2, 0.25) is 0 Å². The summed E-state index contributed by atoms with van der Waals surface area (Å²) in [5, 5.41) is 0. The zero-order valence-corrected chi connectivity index (χ0v) is 10.0. The Hall–Kier alpha value is -0.190. The lowest BCUT2D eigenvalue weighted by molar-refractivity contribution is 0.184. The van der Waals surface area contributed by atoms with Crippen molar-refractivity contribution in [3.8, 4) is 0 Å². The number of piperidine rings is 1. The summed E-state index contributed by atoms with van der Waals surface area (Å²) in [4.78, 5) is 5.22. The second kappa shape index (κ2) is 5.63. The Balaban J connectivity index is 2.20. The molecule has 0 bridgehead atoms. The lowest BCUT2D eigenvalue weighted by Crippen LogP contribution is -2.38. The highest BCUT2D eigenvalue weighted by Gasteiger charge is 2.17. The number of nitrogens with zero attached hydrogens (tertiary/aromatic N) is 2. The summed E-state index contributed by atoms with van der Waals surface area (Å²) in [6.45, 7) is 4.34. The number of likely N-dealkylation sites (N-methyl/N-ethyl adjacent to an activating group) is 1. The smallest absolute Gasteiger partial charge is 0.0869 e. The van der Waals surface area contributed by atoms with Crippen LogP contribution < -0.4 is 5.73 Å². The molecule has 0 aromatic rings. The van der Waals surface area contributed by atoms with Crippen LogP contribution in [0.15, 0.2) is 0 Å². The SMILES string of the molecule is CN1CCC(CN(C)CC(N)=S)CC1. The van der Waals surface area contributed by atoms with Gasteiger partial charge in [-0.2, -0.15) is 0 Å². The van der Waals surface area contributed by atoms with Gasteiger partial charge in [0.25, 0.3) is 0 Å². The van der Waals surface area contributed by atoms with E-state index in [2.05, 4.69) is 23.9 Å². The number of likely N-dealkylation sites (tertiary alicyclic amines) is 1. The fraction of sp³-hybridized carbons (Fsp3) is 0.900. The molecule has 0 amide bonds. The Bertz CT molecular complexity index is 188. The van der Waals surface area contributed by atoms with E-state index in [4.69, 9.17) is 18.0 Å². The Morgan fingerprint density at radius 1 is 1.50 bits per heavy atom. The molecule has 1 heterocycles. The molecule has 0 aromatic carbocycles. The highest BCUT2D eigenvalue weighted by Crippen LogP contribution is 2.16. The standard InChI is InChI=1S/C10H21N3S/c1-12-5-3-9(4-6-12)7-13(2)8-10(11)14/h9H,3-8H2,1-2H3,(H2,11,14). The lowest BCUT2D eigenvalue weighted by atomic mass is 9.97. The fourth-order valence-electron chi connectivity index (χ4n) is 2.02. The van der Waals surface area contributed by atoms with E-state index < -0.39 is 0 Å². The molecular weight excluding hydrogens is 194 g/mol. The molecule has 1 saturated heterocycles. The predicted molar refractivity (Wildman–Crippen MR) is 64.5 cm³/mol. The van der Waals surface area contributed by atoms with E-state index in [0.29, 0.717) is 4.99 Å². The van der Waals surface area contributed by atoms with Crippen molar-refractivity contribution in [1.82, 2.24) is 9.80 Å². The molecule has 1 rings (SSSR count). The molecule has 0 aromatic heterocycles. The minimum absolute atomic E-state index is 0.598. The van der Waals surface area contributed by atoms with E-state index in [-0.39, 0.29) is 0 Å². The van der Waals surface area contributed by atoms with Crippen LogP contribution in [0.25, 0.3) is 0 Å². The number of hydrogen-bond donors (Lipinski definition) is 1. The van der Waals surface area contributed by atoms with Gasteiger partial charge in [-0.25, -0.2) is 0 Å². The molecule has 0 saturated carbocycles. The monoisotopic (exact) mass is 215 g/mol. The number of nitrogens with two attached hydrogens (primary N) is 1. The van der Waals surface area contributed by atoms with Gasteiger partial charge in [0.15, 0.2) is 0 Å². The zero-order valence-electron chi connectivity index (χ0n) is 9.20. The van der Waals surface area contributed by atoms with Gasteiger partial charge in [0, 0.05) is 13.1 Å². The summed E-state index contributed by atoms with van der Waals surface area (Å²) in [5.74, 6) is 0.825. The van der Waals surface area contributed by atoms with Gasteiger partial charge in [0.1, 0.15) is 0 Å². The van der Waals surface area contributed by atoms with E-state index in [1.54, 1.807) is 0 Å². The first kappa shape index (κ1) is 11.9. The molecule has 0 unspecified atom stereocenters. The third-order valence-electron chi connectivity index (χ3n) is 2.83. The summed E-state index contributed by atoms with van der Waals surface area (Å²) < 4.78 is 0. The zero-order chi connectivity index (χ0) is 10.6. The van der Waals surface area contributed by atoms with Crippen LogP contribution in [0.2, 0.25) is 0 Å². The maximum absolute atomic E-state index is 5.50. The van der Waals surface area contributed by atoms with Crippen LogP contribution in [0.4, 0.5) is 0 Å². The minimum Gasteiger partial charge on any atom is -0.392 e. The van der Waals surface area contributed by atoms with E-state index >= 15 is 0 Å². The van der Waals surface area contributed by atoms with Crippen molar-refractivity contribution >= 4 is 17.2 Å². The Kier molecular flexibility index (Phi) is 4.78. The van der Waals surface area contributed by atoms with E-state index in [9.17, 15) is 0 Å². The van der Waals surface area contributed by atoms with Gasteiger partial charge in [0.05, 0.1) is 4.99 Å². The summed E-state index contributed by atoms with van der Waals surface area (Å²) in [6.07, 6.45) is 2.61. The first-order valence-electron chi connectivity index (χ1n) is 5.23. The summed E-state index contributed by atoms with van der Waals surface area (Å²) >= 11 is 4.89. The molecule has 3 nitrogen and oxygen atoms in total. The first-order chi connectivity index (χ1) is 6.58. The molecule has 82 valence electrons. The van der Waals surface area contributed by atoms with Crippen LogP contribution >= 0.6 is 12.2 Å².